The molecule has 18 heavy (non-hydrogen) atoms. The van der Waals surface area contributed by atoms with Crippen molar-refractivity contribution in [2.75, 3.05) is 0 Å². The summed E-state index contributed by atoms with van der Waals surface area (Å²) in [4.78, 5) is 11.1. The predicted molar refractivity (Wildman–Crippen MR) is 62.3 cm³/mol. The molecule has 0 saturated carbocycles. The first-order chi connectivity index (χ1) is 8.43. The van der Waals surface area contributed by atoms with E-state index in [1.54, 1.807) is 12.1 Å². The van der Waals surface area contributed by atoms with E-state index in [9.17, 15) is 13.2 Å². The maximum atomic E-state index is 12.2. The minimum Gasteiger partial charge on any atom is -0.363 e. The summed E-state index contributed by atoms with van der Waals surface area (Å²) in [6, 6.07) is 6.19. The molecule has 1 heterocycles. The molecular weight excluding hydrogens is 256 g/mol. The molecule has 0 fully saturated rings. The van der Waals surface area contributed by atoms with Crippen LogP contribution in [-0.4, -0.2) is 28.5 Å². The Morgan fingerprint density at radius 3 is 2.44 bits per heavy atom. The van der Waals surface area contributed by atoms with Gasteiger partial charge in [0.2, 0.25) is 5.82 Å². The zero-order chi connectivity index (χ0) is 13.3. The number of amides is 1. The molecule has 0 aliphatic carbocycles. The first-order valence-corrected chi connectivity index (χ1v) is 6.39. The summed E-state index contributed by atoms with van der Waals surface area (Å²) >= 11 is 0. The molecule has 0 atom stereocenters. The van der Waals surface area contributed by atoms with E-state index < -0.39 is 21.8 Å². The number of nitrogens with two attached hydrogens (primary N) is 1. The van der Waals surface area contributed by atoms with Crippen LogP contribution in [0.5, 0.6) is 0 Å². The van der Waals surface area contributed by atoms with Crippen LogP contribution < -0.4 is 5.73 Å². The van der Waals surface area contributed by atoms with Crippen LogP contribution in [0, 0.1) is 6.92 Å². The normalized spacial score (nSPS) is 11.4. The number of aromatic nitrogens is 3. The molecule has 0 aliphatic rings. The number of hydrogen-bond acceptors (Lipinski definition) is 5. The van der Waals surface area contributed by atoms with Gasteiger partial charge in [0.05, 0.1) is 4.90 Å². The van der Waals surface area contributed by atoms with Gasteiger partial charge in [-0.2, -0.15) is 3.97 Å². The molecule has 0 saturated heterocycles. The Kier molecular flexibility index (Phi) is 2.87. The highest BCUT2D eigenvalue weighted by molar-refractivity contribution is 7.90. The Morgan fingerprint density at radius 2 is 1.89 bits per heavy atom. The third kappa shape index (κ3) is 1.97. The SMILES string of the molecule is Cc1ccc(S(=O)(=O)n2cnnc2C(N)=O)cc1. The summed E-state index contributed by atoms with van der Waals surface area (Å²) in [6.07, 6.45) is 0.940. The van der Waals surface area contributed by atoms with Crippen LogP contribution in [0.3, 0.4) is 0 Å². The average Bonchev–Trinajstić information content (AvgIpc) is 2.79. The van der Waals surface area contributed by atoms with Gasteiger partial charge in [0.15, 0.2) is 0 Å². The Labute approximate surface area is 103 Å². The Morgan fingerprint density at radius 1 is 1.28 bits per heavy atom. The minimum absolute atomic E-state index is 0.0374. The molecule has 0 unspecified atom stereocenters. The van der Waals surface area contributed by atoms with Crippen LogP contribution in [0.1, 0.15) is 16.2 Å². The summed E-state index contributed by atoms with van der Waals surface area (Å²) in [5.74, 6) is -1.38. The van der Waals surface area contributed by atoms with Gasteiger partial charge in [-0.3, -0.25) is 4.79 Å². The Hall–Kier alpha value is -2.22. The van der Waals surface area contributed by atoms with Crippen LogP contribution in [-0.2, 0) is 10.0 Å². The van der Waals surface area contributed by atoms with Crippen LogP contribution in [0.2, 0.25) is 0 Å². The first kappa shape index (κ1) is 12.2. The van der Waals surface area contributed by atoms with Crippen molar-refractivity contribution in [3.8, 4) is 0 Å². The molecule has 0 bridgehead atoms. The van der Waals surface area contributed by atoms with E-state index in [-0.39, 0.29) is 4.90 Å². The molecule has 7 nitrogen and oxygen atoms in total. The van der Waals surface area contributed by atoms with Crippen LogP contribution in [0.4, 0.5) is 0 Å². The number of carbonyl (C=O) groups excluding carboxylic acids is 1. The van der Waals surface area contributed by atoms with Crippen molar-refractivity contribution in [1.29, 1.82) is 0 Å². The lowest BCUT2D eigenvalue weighted by molar-refractivity contribution is 0.0989. The van der Waals surface area contributed by atoms with E-state index in [4.69, 9.17) is 5.73 Å². The third-order valence-electron chi connectivity index (χ3n) is 2.32. The van der Waals surface area contributed by atoms with E-state index in [1.165, 1.54) is 12.1 Å². The largest absolute Gasteiger partial charge is 0.363 e. The van der Waals surface area contributed by atoms with Gasteiger partial charge in [-0.05, 0) is 19.1 Å². The van der Waals surface area contributed by atoms with Gasteiger partial charge < -0.3 is 5.73 Å². The highest BCUT2D eigenvalue weighted by atomic mass is 32.2. The van der Waals surface area contributed by atoms with Crippen molar-refractivity contribution in [3.05, 3.63) is 42.0 Å². The van der Waals surface area contributed by atoms with Crippen molar-refractivity contribution < 1.29 is 13.2 Å². The fourth-order valence-electron chi connectivity index (χ4n) is 1.38. The molecule has 0 aliphatic heterocycles. The summed E-state index contributed by atoms with van der Waals surface area (Å²) in [7, 11) is -3.90. The molecule has 0 spiro atoms. The summed E-state index contributed by atoms with van der Waals surface area (Å²) < 4.78 is 25.1. The van der Waals surface area contributed by atoms with Crippen molar-refractivity contribution in [2.45, 2.75) is 11.8 Å². The Bertz CT molecular complexity index is 688. The van der Waals surface area contributed by atoms with Crippen molar-refractivity contribution in [3.63, 3.8) is 0 Å². The molecule has 1 aromatic heterocycles. The van der Waals surface area contributed by atoms with Gasteiger partial charge in [0.1, 0.15) is 6.33 Å². The van der Waals surface area contributed by atoms with E-state index in [1.807, 2.05) is 6.92 Å². The lowest BCUT2D eigenvalue weighted by Crippen LogP contribution is -2.23. The van der Waals surface area contributed by atoms with E-state index >= 15 is 0 Å². The lowest BCUT2D eigenvalue weighted by Gasteiger charge is -2.06. The molecule has 1 amide bonds. The summed E-state index contributed by atoms with van der Waals surface area (Å²) in [5, 5.41) is 6.77. The van der Waals surface area contributed by atoms with Gasteiger partial charge in [0, 0.05) is 0 Å². The van der Waals surface area contributed by atoms with E-state index in [2.05, 4.69) is 10.2 Å². The smallest absolute Gasteiger partial charge is 0.287 e. The maximum absolute atomic E-state index is 12.2. The van der Waals surface area contributed by atoms with Crippen LogP contribution in [0.15, 0.2) is 35.5 Å². The maximum Gasteiger partial charge on any atom is 0.287 e. The lowest BCUT2D eigenvalue weighted by atomic mass is 10.2. The topological polar surface area (TPSA) is 108 Å². The van der Waals surface area contributed by atoms with Gasteiger partial charge in [-0.1, -0.05) is 17.7 Å². The predicted octanol–water partition coefficient (Wildman–Crippen LogP) is -0.0776. The molecule has 2 aromatic rings. The standard InChI is InChI=1S/C10H10N4O3S/c1-7-2-4-8(5-3-7)18(16,17)14-6-12-13-10(14)9(11)15/h2-6H,1H3,(H2,11,15). The molecule has 2 N–H and O–H groups in total. The number of aryl methyl sites for hydroxylation is 1. The number of benzene rings is 1. The monoisotopic (exact) mass is 266 g/mol. The second-order valence-corrected chi connectivity index (χ2v) is 5.45. The number of carbonyl (C=O) groups is 1. The van der Waals surface area contributed by atoms with Crippen molar-refractivity contribution >= 4 is 15.9 Å². The number of hydrogen-bond donors (Lipinski definition) is 1. The first-order valence-electron chi connectivity index (χ1n) is 4.95. The quantitative estimate of drug-likeness (QED) is 0.836. The second kappa shape index (κ2) is 4.22. The number of primary amides is 1. The average molecular weight is 266 g/mol. The van der Waals surface area contributed by atoms with Gasteiger partial charge in [-0.25, -0.2) is 8.42 Å². The van der Waals surface area contributed by atoms with Gasteiger partial charge in [0.25, 0.3) is 15.9 Å². The summed E-state index contributed by atoms with van der Waals surface area (Å²) in [6.45, 7) is 1.84. The van der Waals surface area contributed by atoms with Crippen LogP contribution in [0.25, 0.3) is 0 Å². The van der Waals surface area contributed by atoms with Gasteiger partial charge in [-0.15, -0.1) is 10.2 Å². The molecule has 0 radical (unpaired) electrons. The highest BCUT2D eigenvalue weighted by Crippen LogP contribution is 2.15. The van der Waals surface area contributed by atoms with Crippen LogP contribution >= 0.6 is 0 Å². The molecular formula is C10H10N4O3S. The minimum atomic E-state index is -3.90. The second-order valence-electron chi connectivity index (χ2n) is 3.63. The molecule has 1 aromatic carbocycles. The zero-order valence-corrected chi connectivity index (χ0v) is 10.3. The summed E-state index contributed by atoms with van der Waals surface area (Å²) in [5.41, 5.74) is 5.96. The van der Waals surface area contributed by atoms with Gasteiger partial charge >= 0.3 is 0 Å². The third-order valence-corrected chi connectivity index (χ3v) is 3.97. The molecule has 2 rings (SSSR count). The zero-order valence-electron chi connectivity index (χ0n) is 9.44. The number of nitrogens with zero attached hydrogens (tertiary/aromatic N) is 3. The fraction of sp³-hybridized carbons (Fsp3) is 0.100. The molecule has 8 heteroatoms. The Balaban J connectivity index is 2.58. The van der Waals surface area contributed by atoms with Crippen molar-refractivity contribution in [2.24, 2.45) is 5.73 Å². The van der Waals surface area contributed by atoms with E-state index in [0.29, 0.717) is 3.97 Å². The van der Waals surface area contributed by atoms with E-state index in [0.717, 1.165) is 11.9 Å². The fourth-order valence-corrected chi connectivity index (χ4v) is 2.61. The number of rotatable bonds is 3. The molecule has 94 valence electrons. The van der Waals surface area contributed by atoms with Crippen molar-refractivity contribution in [1.82, 2.24) is 14.2 Å². The highest BCUT2D eigenvalue weighted by Gasteiger charge is 2.23.